The summed E-state index contributed by atoms with van der Waals surface area (Å²) in [5.41, 5.74) is -0.152. The van der Waals surface area contributed by atoms with Crippen LogP contribution >= 0.6 is 35.0 Å². The zero-order valence-electron chi connectivity index (χ0n) is 14.5. The van der Waals surface area contributed by atoms with Gasteiger partial charge < -0.3 is 20.3 Å². The van der Waals surface area contributed by atoms with Crippen molar-refractivity contribution in [2.45, 2.75) is 37.9 Å². The smallest absolute Gasteiger partial charge is 0.408 e. The van der Waals surface area contributed by atoms with Gasteiger partial charge in [0, 0.05) is 24.6 Å². The van der Waals surface area contributed by atoms with Crippen molar-refractivity contribution in [2.75, 3.05) is 24.6 Å². The number of hydrogen-bond acceptors (Lipinski definition) is 5. The van der Waals surface area contributed by atoms with Gasteiger partial charge in [-0.15, -0.1) is 0 Å². The highest BCUT2D eigenvalue weighted by molar-refractivity contribution is 7.99. The van der Waals surface area contributed by atoms with Gasteiger partial charge in [0.05, 0.1) is 0 Å². The van der Waals surface area contributed by atoms with Crippen molar-refractivity contribution in [1.82, 2.24) is 15.5 Å². The number of alkyl carbamates (subject to hydrolysis) is 1. The Hall–Kier alpha value is -1.05. The lowest BCUT2D eigenvalue weighted by atomic mass is 10.1. The summed E-state index contributed by atoms with van der Waals surface area (Å²) >= 11 is 13.7. The molecule has 0 bridgehead atoms. The molecule has 1 saturated heterocycles. The van der Waals surface area contributed by atoms with Crippen LogP contribution in [0.2, 0.25) is 0 Å². The van der Waals surface area contributed by atoms with Crippen LogP contribution in [0.4, 0.5) is 4.79 Å². The Kier molecular flexibility index (Phi) is 6.93. The summed E-state index contributed by atoms with van der Waals surface area (Å²) < 4.78 is 5.25. The summed E-state index contributed by atoms with van der Waals surface area (Å²) in [4.78, 5) is 26.5. The Bertz CT molecular complexity index is 590. The number of amides is 2. The molecule has 2 N–H and O–H groups in total. The highest BCUT2D eigenvalue weighted by atomic mass is 35.5. The molecule has 0 aromatic heterocycles. The van der Waals surface area contributed by atoms with Crippen LogP contribution in [-0.2, 0) is 9.53 Å². The number of carbonyl (C=O) groups is 2. The fourth-order valence-electron chi connectivity index (χ4n) is 2.42. The lowest BCUT2D eigenvalue weighted by molar-refractivity contribution is -0.132. The molecule has 2 atom stereocenters. The molecule has 2 aliphatic heterocycles. The quantitative estimate of drug-likeness (QED) is 0.555. The van der Waals surface area contributed by atoms with E-state index in [2.05, 4.69) is 10.6 Å². The molecular weight excluding hydrogens is 385 g/mol. The maximum Gasteiger partial charge on any atom is 0.408 e. The fraction of sp³-hybridized carbons (Fsp3) is 0.625. The number of carbonyl (C=O) groups excluding carboxylic acids is 2. The predicted molar refractivity (Wildman–Crippen MR) is 102 cm³/mol. The Balaban J connectivity index is 2.02. The number of nitrogens with one attached hydrogen (secondary N) is 2. The van der Waals surface area contributed by atoms with Crippen molar-refractivity contribution in [1.29, 1.82) is 0 Å². The molecule has 2 amide bonds. The number of alkyl halides is 1. The summed E-state index contributed by atoms with van der Waals surface area (Å²) in [6, 6.07) is -0.615. The summed E-state index contributed by atoms with van der Waals surface area (Å²) in [5, 5.41) is 5.98. The second-order valence-corrected chi connectivity index (χ2v) is 8.84. The Morgan fingerprint density at radius 1 is 1.52 bits per heavy atom. The van der Waals surface area contributed by atoms with Crippen LogP contribution in [0.3, 0.4) is 0 Å². The van der Waals surface area contributed by atoms with E-state index in [0.29, 0.717) is 24.0 Å². The van der Waals surface area contributed by atoms with E-state index in [9.17, 15) is 9.59 Å². The van der Waals surface area contributed by atoms with Crippen LogP contribution in [0.5, 0.6) is 0 Å². The topological polar surface area (TPSA) is 70.7 Å². The first-order valence-electron chi connectivity index (χ1n) is 7.98. The summed E-state index contributed by atoms with van der Waals surface area (Å²) in [7, 11) is 0. The van der Waals surface area contributed by atoms with Gasteiger partial charge in [-0.2, -0.15) is 11.8 Å². The van der Waals surface area contributed by atoms with Gasteiger partial charge in [-0.3, -0.25) is 4.79 Å². The zero-order valence-corrected chi connectivity index (χ0v) is 16.8. The van der Waals surface area contributed by atoms with Crippen LogP contribution in [0, 0.1) is 0 Å². The lowest BCUT2D eigenvalue weighted by Gasteiger charge is -2.27. The SMILES string of the molecule is CC(C)(C)OC(=O)NC1CSCCN(CC2=CC(Cl)NC(Cl)=C2)C1=O. The third-order valence-corrected chi connectivity index (χ3v) is 4.91. The van der Waals surface area contributed by atoms with Gasteiger partial charge in [0.2, 0.25) is 5.91 Å². The third-order valence-electron chi connectivity index (χ3n) is 3.41. The minimum absolute atomic E-state index is 0.133. The molecule has 140 valence electrons. The first kappa shape index (κ1) is 20.3. The Morgan fingerprint density at radius 2 is 2.24 bits per heavy atom. The van der Waals surface area contributed by atoms with Gasteiger partial charge in [0.1, 0.15) is 22.3 Å². The monoisotopic (exact) mass is 407 g/mol. The first-order valence-corrected chi connectivity index (χ1v) is 9.95. The minimum atomic E-state index is -0.615. The van der Waals surface area contributed by atoms with E-state index < -0.39 is 23.2 Å². The van der Waals surface area contributed by atoms with E-state index in [4.69, 9.17) is 27.9 Å². The number of rotatable bonds is 3. The van der Waals surface area contributed by atoms with Crippen molar-refractivity contribution in [3.63, 3.8) is 0 Å². The number of thioether (sulfide) groups is 1. The first-order chi connectivity index (χ1) is 11.6. The highest BCUT2D eigenvalue weighted by Gasteiger charge is 2.30. The van der Waals surface area contributed by atoms with Crippen molar-refractivity contribution in [3.05, 3.63) is 22.9 Å². The fourth-order valence-corrected chi connectivity index (χ4v) is 3.99. The highest BCUT2D eigenvalue weighted by Crippen LogP contribution is 2.19. The van der Waals surface area contributed by atoms with Crippen LogP contribution in [0.15, 0.2) is 22.9 Å². The molecule has 0 saturated carbocycles. The van der Waals surface area contributed by atoms with E-state index in [1.54, 1.807) is 43.5 Å². The lowest BCUT2D eigenvalue weighted by Crippen LogP contribution is -2.50. The molecule has 0 aromatic carbocycles. The van der Waals surface area contributed by atoms with E-state index in [1.807, 2.05) is 6.08 Å². The van der Waals surface area contributed by atoms with Gasteiger partial charge in [-0.05, 0) is 38.5 Å². The zero-order chi connectivity index (χ0) is 18.6. The van der Waals surface area contributed by atoms with E-state index in [-0.39, 0.29) is 5.91 Å². The van der Waals surface area contributed by atoms with Crippen LogP contribution in [0.1, 0.15) is 20.8 Å². The number of nitrogens with zero attached hydrogens (tertiary/aromatic N) is 1. The molecule has 2 rings (SSSR count). The average molecular weight is 408 g/mol. The molecule has 0 aliphatic carbocycles. The van der Waals surface area contributed by atoms with Crippen LogP contribution in [-0.4, -0.2) is 58.6 Å². The molecule has 0 spiro atoms. The van der Waals surface area contributed by atoms with Crippen molar-refractivity contribution < 1.29 is 14.3 Å². The second kappa shape index (κ2) is 8.56. The Morgan fingerprint density at radius 3 is 2.88 bits per heavy atom. The molecule has 1 fully saturated rings. The van der Waals surface area contributed by atoms with E-state index >= 15 is 0 Å². The maximum atomic E-state index is 12.8. The largest absolute Gasteiger partial charge is 0.444 e. The van der Waals surface area contributed by atoms with Crippen molar-refractivity contribution in [2.24, 2.45) is 0 Å². The third kappa shape index (κ3) is 6.64. The molecule has 9 heteroatoms. The van der Waals surface area contributed by atoms with Crippen LogP contribution < -0.4 is 10.6 Å². The van der Waals surface area contributed by atoms with Gasteiger partial charge in [-0.25, -0.2) is 4.79 Å². The number of halogens is 2. The summed E-state index contributed by atoms with van der Waals surface area (Å²) in [5.74, 6) is 1.18. The van der Waals surface area contributed by atoms with Crippen molar-refractivity contribution in [3.8, 4) is 0 Å². The van der Waals surface area contributed by atoms with Gasteiger partial charge in [0.25, 0.3) is 0 Å². The van der Waals surface area contributed by atoms with E-state index in [1.165, 1.54) is 0 Å². The molecule has 2 aliphatic rings. The molecule has 2 unspecified atom stereocenters. The molecule has 0 radical (unpaired) electrons. The molecule has 0 aromatic rings. The maximum absolute atomic E-state index is 12.8. The molecule has 2 heterocycles. The summed E-state index contributed by atoms with van der Waals surface area (Å²) in [6.45, 7) is 6.34. The second-order valence-electron chi connectivity index (χ2n) is 6.81. The van der Waals surface area contributed by atoms with Gasteiger partial charge in [-0.1, -0.05) is 23.2 Å². The predicted octanol–water partition coefficient (Wildman–Crippen LogP) is 2.63. The average Bonchev–Trinajstić information content (AvgIpc) is 2.60. The van der Waals surface area contributed by atoms with Crippen LogP contribution in [0.25, 0.3) is 0 Å². The van der Waals surface area contributed by atoms with Gasteiger partial charge in [0.15, 0.2) is 0 Å². The standard InChI is InChI=1S/C16H23Cl2N3O3S/c1-16(2,3)24-15(23)19-11-9-25-5-4-21(14(11)22)8-10-6-12(17)20-13(18)7-10/h6-7,11-12,20H,4-5,8-9H2,1-3H3,(H,19,23). The minimum Gasteiger partial charge on any atom is -0.444 e. The Labute approximate surface area is 162 Å². The van der Waals surface area contributed by atoms with Gasteiger partial charge >= 0.3 is 6.09 Å². The molecule has 6 nitrogen and oxygen atoms in total. The number of dihydropyridines is 1. The normalized spacial score (nSPS) is 24.7. The molecular formula is C16H23Cl2N3O3S. The number of hydrogen-bond donors (Lipinski definition) is 2. The summed E-state index contributed by atoms with van der Waals surface area (Å²) in [6.07, 6.45) is 2.98. The molecule has 25 heavy (non-hydrogen) atoms. The van der Waals surface area contributed by atoms with E-state index in [0.717, 1.165) is 11.3 Å². The van der Waals surface area contributed by atoms with Crippen molar-refractivity contribution >= 4 is 47.0 Å². The number of ether oxygens (including phenoxy) is 1.